The van der Waals surface area contributed by atoms with Crippen LogP contribution >= 0.6 is 0 Å². The van der Waals surface area contributed by atoms with Crippen LogP contribution in [0.15, 0.2) is 46.9 Å². The van der Waals surface area contributed by atoms with Crippen molar-refractivity contribution in [1.82, 2.24) is 9.80 Å². The van der Waals surface area contributed by atoms with Crippen LogP contribution in [-0.2, 0) is 17.8 Å². The number of nitrogens with one attached hydrogen (secondary N) is 1. The molecule has 3 amide bonds. The number of aryl methyl sites for hydroxylation is 1. The number of likely N-dealkylation sites (N-methyl/N-ethyl adjacent to an activating group) is 1. The highest BCUT2D eigenvalue weighted by Gasteiger charge is 2.32. The van der Waals surface area contributed by atoms with Crippen molar-refractivity contribution in [3.05, 3.63) is 64.9 Å². The summed E-state index contributed by atoms with van der Waals surface area (Å²) in [6, 6.07) is 12.7. The predicted molar refractivity (Wildman–Crippen MR) is 113 cm³/mol. The van der Waals surface area contributed by atoms with Gasteiger partial charge in [0.15, 0.2) is 0 Å². The van der Waals surface area contributed by atoms with E-state index in [0.29, 0.717) is 23.4 Å². The molecule has 0 atom stereocenters. The third-order valence-corrected chi connectivity index (χ3v) is 5.32. The molecule has 1 aliphatic rings. The molecule has 0 fully saturated rings. The van der Waals surface area contributed by atoms with Gasteiger partial charge in [0, 0.05) is 36.7 Å². The average Bonchev–Trinajstić information content (AvgIpc) is 3.18. The highest BCUT2D eigenvalue weighted by molar-refractivity contribution is 6.21. The lowest BCUT2D eigenvalue weighted by Crippen LogP contribution is -2.30. The van der Waals surface area contributed by atoms with E-state index in [0.717, 1.165) is 33.6 Å². The Morgan fingerprint density at radius 2 is 1.83 bits per heavy atom. The number of anilines is 1. The molecule has 1 aromatic heterocycles. The first-order valence-electron chi connectivity index (χ1n) is 9.83. The van der Waals surface area contributed by atoms with Crippen LogP contribution in [0, 0.1) is 0 Å². The van der Waals surface area contributed by atoms with Crippen molar-refractivity contribution >= 4 is 34.4 Å². The summed E-state index contributed by atoms with van der Waals surface area (Å²) in [6.07, 6.45) is 0.778. The van der Waals surface area contributed by atoms with Gasteiger partial charge in [-0.1, -0.05) is 25.1 Å². The number of furan rings is 1. The van der Waals surface area contributed by atoms with Gasteiger partial charge in [-0.05, 0) is 31.3 Å². The van der Waals surface area contributed by atoms with Crippen LogP contribution in [0.5, 0.6) is 0 Å². The summed E-state index contributed by atoms with van der Waals surface area (Å²) in [5.74, 6) is 0.0385. The Hall–Kier alpha value is -3.45. The van der Waals surface area contributed by atoms with E-state index in [-0.39, 0.29) is 24.3 Å². The zero-order chi connectivity index (χ0) is 21.4. The predicted octanol–water partition coefficient (Wildman–Crippen LogP) is 3.29. The van der Waals surface area contributed by atoms with Crippen molar-refractivity contribution in [2.24, 2.45) is 0 Å². The number of para-hydroxylation sites is 1. The van der Waals surface area contributed by atoms with Crippen molar-refractivity contribution in [2.75, 3.05) is 26.0 Å². The fourth-order valence-corrected chi connectivity index (χ4v) is 3.82. The largest absolute Gasteiger partial charge is 0.461 e. The number of benzene rings is 2. The first-order valence-corrected chi connectivity index (χ1v) is 9.83. The van der Waals surface area contributed by atoms with Gasteiger partial charge in [-0.3, -0.25) is 24.2 Å². The van der Waals surface area contributed by atoms with Crippen molar-refractivity contribution in [3.8, 4) is 0 Å². The van der Waals surface area contributed by atoms with Gasteiger partial charge in [0.1, 0.15) is 11.3 Å². The maximum absolute atomic E-state index is 12.5. The molecule has 154 valence electrons. The molecule has 0 aliphatic carbocycles. The van der Waals surface area contributed by atoms with E-state index >= 15 is 0 Å². The second kappa shape index (κ2) is 7.76. The van der Waals surface area contributed by atoms with Gasteiger partial charge in [0.2, 0.25) is 5.91 Å². The molecular weight excluding hydrogens is 382 g/mol. The zero-order valence-electron chi connectivity index (χ0n) is 17.2. The lowest BCUT2D eigenvalue weighted by Gasteiger charge is -2.16. The lowest BCUT2D eigenvalue weighted by molar-refractivity contribution is -0.117. The molecule has 0 saturated heterocycles. The van der Waals surface area contributed by atoms with E-state index in [1.807, 2.05) is 43.1 Å². The molecule has 3 aromatic rings. The maximum Gasteiger partial charge on any atom is 0.261 e. The van der Waals surface area contributed by atoms with Gasteiger partial charge >= 0.3 is 0 Å². The number of nitrogens with zero attached hydrogens (tertiary/aromatic N) is 2. The molecule has 1 N–H and O–H groups in total. The van der Waals surface area contributed by atoms with Crippen LogP contribution in [-0.4, -0.2) is 48.2 Å². The monoisotopic (exact) mass is 405 g/mol. The molecule has 4 rings (SSSR count). The van der Waals surface area contributed by atoms with E-state index in [1.165, 1.54) is 7.05 Å². The van der Waals surface area contributed by atoms with Gasteiger partial charge < -0.3 is 9.73 Å². The molecule has 0 spiro atoms. The highest BCUT2D eigenvalue weighted by atomic mass is 16.3. The van der Waals surface area contributed by atoms with Crippen LogP contribution in [0.25, 0.3) is 11.0 Å². The number of carbonyl (C=O) groups excluding carboxylic acids is 3. The van der Waals surface area contributed by atoms with Crippen molar-refractivity contribution in [3.63, 3.8) is 0 Å². The summed E-state index contributed by atoms with van der Waals surface area (Å²) < 4.78 is 5.93. The Bertz CT molecular complexity index is 1160. The van der Waals surface area contributed by atoms with E-state index in [2.05, 4.69) is 5.32 Å². The average molecular weight is 405 g/mol. The third-order valence-electron chi connectivity index (χ3n) is 5.32. The summed E-state index contributed by atoms with van der Waals surface area (Å²) in [4.78, 5) is 39.7. The number of rotatable bonds is 6. The minimum atomic E-state index is -0.359. The standard InChI is InChI=1S/C23H23N3O4/c1-4-19-18(15-7-5-6-8-20(15)30-19)12-25(2)13-21(27)24-14-9-10-16-17(11-14)23(29)26(3)22(16)28/h5-11H,4,12-13H2,1-3H3,(H,24,27). The van der Waals surface area contributed by atoms with Crippen molar-refractivity contribution in [1.29, 1.82) is 0 Å². The van der Waals surface area contributed by atoms with Gasteiger partial charge in [0.25, 0.3) is 11.8 Å². The van der Waals surface area contributed by atoms with E-state index < -0.39 is 0 Å². The molecule has 2 aromatic carbocycles. The second-order valence-corrected chi connectivity index (χ2v) is 7.50. The summed E-state index contributed by atoms with van der Waals surface area (Å²) in [5.41, 5.74) is 3.10. The number of fused-ring (bicyclic) bond motifs is 2. The van der Waals surface area contributed by atoms with E-state index in [9.17, 15) is 14.4 Å². The molecular formula is C23H23N3O4. The molecule has 7 nitrogen and oxygen atoms in total. The smallest absolute Gasteiger partial charge is 0.261 e. The summed E-state index contributed by atoms with van der Waals surface area (Å²) in [6.45, 7) is 2.80. The molecule has 1 aliphatic heterocycles. The third kappa shape index (κ3) is 3.48. The Morgan fingerprint density at radius 1 is 1.10 bits per heavy atom. The Morgan fingerprint density at radius 3 is 2.60 bits per heavy atom. The van der Waals surface area contributed by atoms with Crippen LogP contribution < -0.4 is 5.32 Å². The fraction of sp³-hybridized carbons (Fsp3) is 0.261. The Balaban J connectivity index is 1.44. The summed E-state index contributed by atoms with van der Waals surface area (Å²) in [5, 5.41) is 3.87. The molecule has 2 heterocycles. The quantitative estimate of drug-likeness (QED) is 0.637. The molecule has 0 saturated carbocycles. The second-order valence-electron chi connectivity index (χ2n) is 7.50. The first kappa shape index (κ1) is 19.8. The van der Waals surface area contributed by atoms with E-state index in [4.69, 9.17) is 4.42 Å². The van der Waals surface area contributed by atoms with Gasteiger partial charge in [-0.15, -0.1) is 0 Å². The van der Waals surface area contributed by atoms with Crippen LogP contribution in [0.4, 0.5) is 5.69 Å². The minimum Gasteiger partial charge on any atom is -0.461 e. The Labute approximate surface area is 174 Å². The molecule has 0 bridgehead atoms. The van der Waals surface area contributed by atoms with Crippen molar-refractivity contribution < 1.29 is 18.8 Å². The normalized spacial score (nSPS) is 13.4. The number of amides is 3. The summed E-state index contributed by atoms with van der Waals surface area (Å²) in [7, 11) is 3.32. The SMILES string of the molecule is CCc1oc2ccccc2c1CN(C)CC(=O)Nc1ccc2c(c1)C(=O)N(C)C2=O. The maximum atomic E-state index is 12.5. The van der Waals surface area contributed by atoms with Gasteiger partial charge in [-0.25, -0.2) is 0 Å². The molecule has 7 heteroatoms. The summed E-state index contributed by atoms with van der Waals surface area (Å²) >= 11 is 0. The van der Waals surface area contributed by atoms with Crippen LogP contribution in [0.2, 0.25) is 0 Å². The van der Waals surface area contributed by atoms with Gasteiger partial charge in [-0.2, -0.15) is 0 Å². The lowest BCUT2D eigenvalue weighted by atomic mass is 10.1. The Kier molecular flexibility index (Phi) is 5.13. The molecule has 0 unspecified atom stereocenters. The first-order chi connectivity index (χ1) is 14.4. The number of imide groups is 1. The van der Waals surface area contributed by atoms with Crippen LogP contribution in [0.1, 0.15) is 39.0 Å². The van der Waals surface area contributed by atoms with Crippen LogP contribution in [0.3, 0.4) is 0 Å². The number of hydrogen-bond donors (Lipinski definition) is 1. The molecule has 0 radical (unpaired) electrons. The highest BCUT2D eigenvalue weighted by Crippen LogP contribution is 2.27. The zero-order valence-corrected chi connectivity index (χ0v) is 17.2. The fourth-order valence-electron chi connectivity index (χ4n) is 3.82. The number of hydrogen-bond acceptors (Lipinski definition) is 5. The molecule has 30 heavy (non-hydrogen) atoms. The topological polar surface area (TPSA) is 82.9 Å². The van der Waals surface area contributed by atoms with E-state index in [1.54, 1.807) is 18.2 Å². The number of carbonyl (C=O) groups is 3. The van der Waals surface area contributed by atoms with Gasteiger partial charge in [0.05, 0.1) is 17.7 Å². The van der Waals surface area contributed by atoms with Crippen molar-refractivity contribution in [2.45, 2.75) is 19.9 Å². The minimum absolute atomic E-state index is 0.173.